The molecule has 3 aromatic heterocycles. The summed E-state index contributed by atoms with van der Waals surface area (Å²) in [5, 5.41) is 23.9. The van der Waals surface area contributed by atoms with Crippen LogP contribution >= 0.6 is 0 Å². The van der Waals surface area contributed by atoms with E-state index in [-0.39, 0.29) is 23.3 Å². The normalized spacial score (nSPS) is 30.0. The highest BCUT2D eigenvalue weighted by Crippen LogP contribution is 2.70. The molecule has 2 saturated carbocycles. The minimum Gasteiger partial charge on any atom is -0.390 e. The predicted octanol–water partition coefficient (Wildman–Crippen LogP) is 2.62. The summed E-state index contributed by atoms with van der Waals surface area (Å²) in [4.78, 5) is 12.9. The first-order chi connectivity index (χ1) is 15.4. The highest BCUT2D eigenvalue weighted by molar-refractivity contribution is 5.86. The van der Waals surface area contributed by atoms with Crippen LogP contribution in [0.3, 0.4) is 0 Å². The molecule has 32 heavy (non-hydrogen) atoms. The molecule has 0 spiro atoms. The maximum Gasteiger partial charge on any atom is 0.145 e. The van der Waals surface area contributed by atoms with E-state index in [9.17, 15) is 10.2 Å². The van der Waals surface area contributed by atoms with Crippen molar-refractivity contribution in [2.45, 2.75) is 43.9 Å². The van der Waals surface area contributed by atoms with Gasteiger partial charge in [-0.25, -0.2) is 15.0 Å². The van der Waals surface area contributed by atoms with Gasteiger partial charge in [-0.05, 0) is 54.5 Å². The first-order valence-corrected chi connectivity index (χ1v) is 11.0. The fraction of sp³-hybridized carbons (Fsp3) is 0.375. The monoisotopic (exact) mass is 430 g/mol. The van der Waals surface area contributed by atoms with Crippen LogP contribution in [0.1, 0.15) is 37.3 Å². The molecule has 0 bridgehead atoms. The lowest BCUT2D eigenvalue weighted by Gasteiger charge is -2.26. The van der Waals surface area contributed by atoms with Crippen LogP contribution in [0.5, 0.6) is 0 Å². The zero-order valence-corrected chi connectivity index (χ0v) is 17.8. The minimum atomic E-state index is -0.856. The lowest BCUT2D eigenvalue weighted by atomic mass is 9.84. The molecule has 2 fully saturated rings. The molecule has 0 saturated heterocycles. The Labute approximate surface area is 184 Å². The van der Waals surface area contributed by atoms with Gasteiger partial charge in [-0.3, -0.25) is 0 Å². The summed E-state index contributed by atoms with van der Waals surface area (Å²) < 4.78 is 1.97. The highest BCUT2D eigenvalue weighted by Gasteiger charge is 2.71. The molecular weight excluding hydrogens is 404 g/mol. The largest absolute Gasteiger partial charge is 0.390 e. The number of nitrogen functional groups attached to an aromatic ring is 2. The van der Waals surface area contributed by atoms with E-state index in [0.29, 0.717) is 17.3 Å². The Hall–Kier alpha value is -3.23. The van der Waals surface area contributed by atoms with Crippen LogP contribution < -0.4 is 11.5 Å². The van der Waals surface area contributed by atoms with Gasteiger partial charge in [0.05, 0.1) is 23.0 Å². The number of aliphatic hydroxyl groups is 2. The third-order valence-electron chi connectivity index (χ3n) is 7.71. The van der Waals surface area contributed by atoms with Crippen molar-refractivity contribution < 1.29 is 10.2 Å². The van der Waals surface area contributed by atoms with Gasteiger partial charge < -0.3 is 26.2 Å². The van der Waals surface area contributed by atoms with Crippen LogP contribution in [0.15, 0.2) is 48.9 Å². The number of fused-ring (bicyclic) bond motifs is 3. The number of nitrogens with two attached hydrogens (primary N) is 2. The molecule has 6 atom stereocenters. The van der Waals surface area contributed by atoms with Crippen LogP contribution in [0, 0.1) is 11.3 Å². The second-order valence-electron chi connectivity index (χ2n) is 9.48. The number of hydrogen-bond acceptors (Lipinski definition) is 7. The molecule has 3 heterocycles. The average molecular weight is 431 g/mol. The summed E-state index contributed by atoms with van der Waals surface area (Å²) in [5.41, 5.74) is 14.3. The van der Waals surface area contributed by atoms with Crippen molar-refractivity contribution in [1.29, 1.82) is 0 Å². The molecule has 0 amide bonds. The summed E-state index contributed by atoms with van der Waals surface area (Å²) in [6, 6.07) is 11.7. The van der Waals surface area contributed by atoms with Gasteiger partial charge in [0.1, 0.15) is 29.7 Å². The van der Waals surface area contributed by atoms with E-state index in [0.717, 1.165) is 34.7 Å². The Kier molecular flexibility index (Phi) is 4.03. The smallest absolute Gasteiger partial charge is 0.145 e. The second kappa shape index (κ2) is 6.63. The van der Waals surface area contributed by atoms with Crippen molar-refractivity contribution in [3.8, 4) is 0 Å². The Balaban J connectivity index is 1.30. The van der Waals surface area contributed by atoms with E-state index in [1.54, 1.807) is 6.07 Å². The van der Waals surface area contributed by atoms with Crippen molar-refractivity contribution >= 4 is 33.6 Å². The SMILES string of the molecule is CC(C[C@]12C[C@@H]1[C@@H](n1ccc3c(N)ncnc31)[C@H](O)[C@@H]2O)c1ccc2ccc(N)nc2c1. The third kappa shape index (κ3) is 2.66. The van der Waals surface area contributed by atoms with Gasteiger partial charge in [-0.2, -0.15) is 0 Å². The van der Waals surface area contributed by atoms with Crippen LogP contribution in [0.2, 0.25) is 0 Å². The molecule has 0 aliphatic heterocycles. The predicted molar refractivity (Wildman–Crippen MR) is 123 cm³/mol. The average Bonchev–Trinajstić information content (AvgIpc) is 3.24. The fourth-order valence-corrected chi connectivity index (χ4v) is 6.01. The molecule has 2 aliphatic carbocycles. The third-order valence-corrected chi connectivity index (χ3v) is 7.71. The summed E-state index contributed by atoms with van der Waals surface area (Å²) in [6.45, 7) is 2.17. The van der Waals surface area contributed by atoms with Crippen LogP contribution in [-0.4, -0.2) is 41.9 Å². The summed E-state index contributed by atoms with van der Waals surface area (Å²) >= 11 is 0. The first kappa shape index (κ1) is 19.5. The van der Waals surface area contributed by atoms with Crippen molar-refractivity contribution in [1.82, 2.24) is 19.5 Å². The quantitative estimate of drug-likeness (QED) is 0.391. The Morgan fingerprint density at radius 2 is 1.97 bits per heavy atom. The van der Waals surface area contributed by atoms with Gasteiger partial charge in [0.25, 0.3) is 0 Å². The number of rotatable bonds is 4. The number of anilines is 2. The van der Waals surface area contributed by atoms with E-state index >= 15 is 0 Å². The number of aromatic nitrogens is 4. The van der Waals surface area contributed by atoms with Crippen LogP contribution in [-0.2, 0) is 0 Å². The fourth-order valence-electron chi connectivity index (χ4n) is 6.01. The topological polar surface area (TPSA) is 136 Å². The molecule has 8 nitrogen and oxygen atoms in total. The molecule has 6 N–H and O–H groups in total. The van der Waals surface area contributed by atoms with Gasteiger partial charge in [0.2, 0.25) is 0 Å². The van der Waals surface area contributed by atoms with E-state index in [1.807, 2.05) is 22.9 Å². The number of hydrogen-bond donors (Lipinski definition) is 4. The summed E-state index contributed by atoms with van der Waals surface area (Å²) in [5.74, 6) is 1.30. The lowest BCUT2D eigenvalue weighted by Crippen LogP contribution is -2.34. The molecule has 8 heteroatoms. The van der Waals surface area contributed by atoms with Crippen LogP contribution in [0.4, 0.5) is 11.6 Å². The summed E-state index contributed by atoms with van der Waals surface area (Å²) in [7, 11) is 0. The molecule has 6 rings (SSSR count). The highest BCUT2D eigenvalue weighted by atomic mass is 16.3. The van der Waals surface area contributed by atoms with E-state index in [2.05, 4.69) is 40.1 Å². The van der Waals surface area contributed by atoms with Crippen molar-refractivity contribution in [2.75, 3.05) is 11.5 Å². The maximum atomic E-state index is 11.1. The molecule has 4 aromatic rings. The van der Waals surface area contributed by atoms with Gasteiger partial charge in [0, 0.05) is 17.0 Å². The zero-order valence-electron chi connectivity index (χ0n) is 17.8. The molecule has 0 radical (unpaired) electrons. The molecular formula is C24H26N6O2. The van der Waals surface area contributed by atoms with Gasteiger partial charge >= 0.3 is 0 Å². The molecule has 164 valence electrons. The standard InChI is InChI=1S/C24H26N6O2/c1-12(14-3-2-13-4-5-18(25)29-17(13)8-14)9-24-10-16(24)19(20(31)21(24)32)30-7-6-15-22(26)27-11-28-23(15)30/h2-8,11-12,16,19-21,31-32H,9-10H2,1H3,(H2,25,29)(H2,26,27,28)/t12?,16-,19-,20+,21+,24+/m1/s1. The molecule has 1 aromatic carbocycles. The number of benzene rings is 1. The number of nitrogens with zero attached hydrogens (tertiary/aromatic N) is 4. The Morgan fingerprint density at radius 1 is 1.16 bits per heavy atom. The van der Waals surface area contributed by atoms with E-state index < -0.39 is 12.2 Å². The van der Waals surface area contributed by atoms with Crippen molar-refractivity contribution in [3.05, 3.63) is 54.5 Å². The maximum absolute atomic E-state index is 11.1. The second-order valence-corrected chi connectivity index (χ2v) is 9.48. The Bertz CT molecular complexity index is 1350. The minimum absolute atomic E-state index is 0.177. The number of aliphatic hydroxyl groups excluding tert-OH is 2. The van der Waals surface area contributed by atoms with Crippen LogP contribution in [0.25, 0.3) is 21.9 Å². The van der Waals surface area contributed by atoms with E-state index in [1.165, 1.54) is 6.33 Å². The van der Waals surface area contributed by atoms with Gasteiger partial charge in [-0.1, -0.05) is 19.1 Å². The number of pyridine rings is 1. The first-order valence-electron chi connectivity index (χ1n) is 11.0. The van der Waals surface area contributed by atoms with Gasteiger partial charge in [-0.15, -0.1) is 0 Å². The van der Waals surface area contributed by atoms with Crippen molar-refractivity contribution in [2.24, 2.45) is 11.3 Å². The lowest BCUT2D eigenvalue weighted by molar-refractivity contribution is -0.0204. The Morgan fingerprint density at radius 3 is 2.81 bits per heavy atom. The summed E-state index contributed by atoms with van der Waals surface area (Å²) in [6.07, 6.45) is 3.36. The van der Waals surface area contributed by atoms with E-state index in [4.69, 9.17) is 11.5 Å². The van der Waals surface area contributed by atoms with Gasteiger partial charge in [0.15, 0.2) is 0 Å². The molecule has 1 unspecified atom stereocenters. The zero-order chi connectivity index (χ0) is 22.2. The molecule has 2 aliphatic rings. The van der Waals surface area contributed by atoms with Crippen molar-refractivity contribution in [3.63, 3.8) is 0 Å².